The predicted molar refractivity (Wildman–Crippen MR) is 123 cm³/mol. The Bertz CT molecular complexity index is 896. The highest BCUT2D eigenvalue weighted by Gasteiger charge is 2.24. The number of amidine groups is 1. The first kappa shape index (κ1) is 24.5. The average molecular weight is 448 g/mol. The second kappa shape index (κ2) is 11.0. The molecule has 0 radical (unpaired) electrons. The predicted octanol–water partition coefficient (Wildman–Crippen LogP) is 3.87. The summed E-state index contributed by atoms with van der Waals surface area (Å²) in [6.07, 6.45) is 3.56. The second-order valence-electron chi connectivity index (χ2n) is 7.72. The highest BCUT2D eigenvalue weighted by atomic mass is 35.5. The molecule has 1 aliphatic rings. The van der Waals surface area contributed by atoms with Crippen LogP contribution in [-0.4, -0.2) is 34.2 Å². The molecule has 6 N–H and O–H groups in total. The summed E-state index contributed by atoms with van der Waals surface area (Å²) in [6.45, 7) is 2.02. The van der Waals surface area contributed by atoms with Gasteiger partial charge in [-0.2, -0.15) is 0 Å². The summed E-state index contributed by atoms with van der Waals surface area (Å²) >= 11 is 0. The molecule has 0 amide bonds. The molecule has 0 heterocycles. The van der Waals surface area contributed by atoms with Gasteiger partial charge in [0.25, 0.3) is 0 Å². The van der Waals surface area contributed by atoms with Crippen LogP contribution >= 0.6 is 12.4 Å². The number of ether oxygens (including phenoxy) is 1. The van der Waals surface area contributed by atoms with Crippen LogP contribution in [0.4, 0.5) is 5.69 Å². The van der Waals surface area contributed by atoms with Crippen molar-refractivity contribution >= 4 is 29.9 Å². The Morgan fingerprint density at radius 1 is 1.19 bits per heavy atom. The van der Waals surface area contributed by atoms with E-state index in [0.29, 0.717) is 22.6 Å². The number of hydrogen-bond acceptors (Lipinski definition) is 5. The third kappa shape index (κ3) is 6.60. The van der Waals surface area contributed by atoms with Crippen LogP contribution in [0.1, 0.15) is 55.3 Å². The van der Waals surface area contributed by atoms with E-state index in [4.69, 9.17) is 15.9 Å². The maximum atomic E-state index is 12.0. The van der Waals surface area contributed by atoms with Gasteiger partial charge in [-0.3, -0.25) is 5.41 Å². The lowest BCUT2D eigenvalue weighted by Crippen LogP contribution is -2.26. The summed E-state index contributed by atoms with van der Waals surface area (Å²) in [4.78, 5) is 12.0. The van der Waals surface area contributed by atoms with Crippen LogP contribution in [0, 0.1) is 5.41 Å². The fourth-order valence-corrected chi connectivity index (χ4v) is 3.68. The van der Waals surface area contributed by atoms with Crippen LogP contribution in [0.5, 0.6) is 5.75 Å². The molecule has 31 heavy (non-hydrogen) atoms. The Morgan fingerprint density at radius 2 is 1.84 bits per heavy atom. The molecule has 1 fully saturated rings. The smallest absolute Gasteiger partial charge is 0.330 e. The first-order chi connectivity index (χ1) is 14.4. The SMILES string of the molecule is CCc1cc(OC2CCC(O)CC2)cc(C(Nc2ccc(C(=N)N)cc2)C(=O)O)c1.Cl. The van der Waals surface area contributed by atoms with Gasteiger partial charge >= 0.3 is 5.97 Å². The summed E-state index contributed by atoms with van der Waals surface area (Å²) in [7, 11) is 0. The molecule has 168 valence electrons. The molecule has 0 spiro atoms. The van der Waals surface area contributed by atoms with E-state index in [1.807, 2.05) is 19.1 Å². The van der Waals surface area contributed by atoms with E-state index in [-0.39, 0.29) is 30.5 Å². The Morgan fingerprint density at radius 3 is 2.39 bits per heavy atom. The Kier molecular flexibility index (Phi) is 8.71. The van der Waals surface area contributed by atoms with Crippen molar-refractivity contribution in [3.8, 4) is 5.75 Å². The van der Waals surface area contributed by atoms with Crippen molar-refractivity contribution < 1.29 is 19.7 Å². The third-order valence-corrected chi connectivity index (χ3v) is 5.43. The summed E-state index contributed by atoms with van der Waals surface area (Å²) in [5.74, 6) is -0.375. The standard InChI is InChI=1S/C23H29N3O4.ClH/c1-2-14-11-16(13-20(12-14)30-19-9-7-18(27)8-10-19)21(23(28)29)26-17-5-3-15(4-6-17)22(24)25;/h3-6,11-13,18-19,21,26-27H,2,7-10H2,1H3,(H3,24,25)(H,28,29);1H. The van der Waals surface area contributed by atoms with E-state index in [2.05, 4.69) is 5.32 Å². The number of aliphatic hydroxyl groups is 1. The highest BCUT2D eigenvalue weighted by Crippen LogP contribution is 2.29. The first-order valence-corrected chi connectivity index (χ1v) is 10.3. The molecule has 2 aromatic carbocycles. The van der Waals surface area contributed by atoms with Crippen molar-refractivity contribution in [2.24, 2.45) is 5.73 Å². The molecular formula is C23H30ClN3O4. The summed E-state index contributed by atoms with van der Waals surface area (Å²) in [5, 5.41) is 30.1. The number of nitrogen functional groups attached to an aromatic ring is 1. The van der Waals surface area contributed by atoms with Crippen molar-refractivity contribution in [1.82, 2.24) is 0 Å². The third-order valence-electron chi connectivity index (χ3n) is 5.43. The molecule has 1 atom stereocenters. The van der Waals surface area contributed by atoms with E-state index in [9.17, 15) is 15.0 Å². The van der Waals surface area contributed by atoms with E-state index in [1.54, 1.807) is 30.3 Å². The van der Waals surface area contributed by atoms with Crippen molar-refractivity contribution in [2.75, 3.05) is 5.32 Å². The van der Waals surface area contributed by atoms with Gasteiger partial charge in [0.15, 0.2) is 6.04 Å². The van der Waals surface area contributed by atoms with Crippen LogP contribution in [-0.2, 0) is 11.2 Å². The van der Waals surface area contributed by atoms with Gasteiger partial charge in [-0.1, -0.05) is 13.0 Å². The van der Waals surface area contributed by atoms with Crippen LogP contribution in [0.15, 0.2) is 42.5 Å². The van der Waals surface area contributed by atoms with Crippen molar-refractivity contribution in [1.29, 1.82) is 5.41 Å². The topological polar surface area (TPSA) is 129 Å². The molecular weight excluding hydrogens is 418 g/mol. The van der Waals surface area contributed by atoms with Gasteiger partial charge in [0.05, 0.1) is 12.2 Å². The van der Waals surface area contributed by atoms with Crippen molar-refractivity contribution in [3.63, 3.8) is 0 Å². The molecule has 1 aliphatic carbocycles. The number of rotatable bonds is 8. The largest absolute Gasteiger partial charge is 0.490 e. The molecule has 0 saturated heterocycles. The van der Waals surface area contributed by atoms with Crippen molar-refractivity contribution in [3.05, 3.63) is 59.2 Å². The molecule has 3 rings (SSSR count). The van der Waals surface area contributed by atoms with Crippen LogP contribution < -0.4 is 15.8 Å². The quantitative estimate of drug-likeness (QED) is 0.308. The molecule has 2 aromatic rings. The molecule has 8 heteroatoms. The maximum Gasteiger partial charge on any atom is 0.330 e. The number of aryl methyl sites for hydroxylation is 1. The molecule has 1 saturated carbocycles. The van der Waals surface area contributed by atoms with Gasteiger partial charge in [0, 0.05) is 11.3 Å². The second-order valence-corrected chi connectivity index (χ2v) is 7.72. The minimum absolute atomic E-state index is 0. The summed E-state index contributed by atoms with van der Waals surface area (Å²) in [6, 6.07) is 11.4. The normalized spacial score (nSPS) is 19.0. The Hall–Kier alpha value is -2.77. The number of nitrogens with one attached hydrogen (secondary N) is 2. The number of halogens is 1. The number of carboxylic acid groups (broad SMARTS) is 1. The number of carbonyl (C=O) groups is 1. The lowest BCUT2D eigenvalue weighted by molar-refractivity contribution is -0.138. The zero-order valence-electron chi connectivity index (χ0n) is 17.5. The molecule has 0 aromatic heterocycles. The number of aliphatic hydroxyl groups excluding tert-OH is 1. The fraction of sp³-hybridized carbons (Fsp3) is 0.391. The lowest BCUT2D eigenvalue weighted by Gasteiger charge is -2.27. The molecule has 1 unspecified atom stereocenters. The number of carboxylic acids is 1. The van der Waals surface area contributed by atoms with E-state index in [1.165, 1.54) is 0 Å². The van der Waals surface area contributed by atoms with Crippen LogP contribution in [0.2, 0.25) is 0 Å². The van der Waals surface area contributed by atoms with Gasteiger partial charge in [-0.05, 0) is 79.6 Å². The minimum Gasteiger partial charge on any atom is -0.490 e. The lowest BCUT2D eigenvalue weighted by atomic mass is 9.95. The van der Waals surface area contributed by atoms with Gasteiger partial charge in [-0.25, -0.2) is 4.79 Å². The van der Waals surface area contributed by atoms with E-state index >= 15 is 0 Å². The minimum atomic E-state index is -0.995. The zero-order valence-corrected chi connectivity index (χ0v) is 18.3. The first-order valence-electron chi connectivity index (χ1n) is 10.3. The van der Waals surface area contributed by atoms with E-state index < -0.39 is 12.0 Å². The maximum absolute atomic E-state index is 12.0. The number of benzene rings is 2. The van der Waals surface area contributed by atoms with Gasteiger partial charge in [0.2, 0.25) is 0 Å². The number of aliphatic carboxylic acids is 1. The summed E-state index contributed by atoms with van der Waals surface area (Å²) < 4.78 is 6.14. The molecule has 7 nitrogen and oxygen atoms in total. The number of nitrogens with two attached hydrogens (primary N) is 1. The van der Waals surface area contributed by atoms with Gasteiger partial charge in [-0.15, -0.1) is 12.4 Å². The zero-order chi connectivity index (χ0) is 21.7. The monoisotopic (exact) mass is 447 g/mol. The summed E-state index contributed by atoms with van der Waals surface area (Å²) in [5.41, 5.74) is 8.29. The van der Waals surface area contributed by atoms with Crippen LogP contribution in [0.3, 0.4) is 0 Å². The van der Waals surface area contributed by atoms with E-state index in [0.717, 1.165) is 37.7 Å². The molecule has 0 aliphatic heterocycles. The average Bonchev–Trinajstić information content (AvgIpc) is 2.73. The highest BCUT2D eigenvalue weighted by molar-refractivity contribution is 5.95. The van der Waals surface area contributed by atoms with Crippen LogP contribution in [0.25, 0.3) is 0 Å². The molecule has 0 bridgehead atoms. The Balaban J connectivity index is 0.00000341. The fourth-order valence-electron chi connectivity index (χ4n) is 3.68. The van der Waals surface area contributed by atoms with Gasteiger partial charge in [0.1, 0.15) is 11.6 Å². The van der Waals surface area contributed by atoms with Gasteiger partial charge < -0.3 is 26.0 Å². The number of anilines is 1. The van der Waals surface area contributed by atoms with Crippen molar-refractivity contribution in [2.45, 2.75) is 57.3 Å². The Labute approximate surface area is 188 Å². The number of hydrogen-bond donors (Lipinski definition) is 5.